The molecule has 1 aromatic carbocycles. The van der Waals surface area contributed by atoms with E-state index in [4.69, 9.17) is 4.74 Å². The van der Waals surface area contributed by atoms with Gasteiger partial charge in [0, 0.05) is 19.3 Å². The highest BCUT2D eigenvalue weighted by molar-refractivity contribution is 5.90. The summed E-state index contributed by atoms with van der Waals surface area (Å²) in [5.41, 5.74) is 2.47. The third-order valence-electron chi connectivity index (χ3n) is 3.21. The van der Waals surface area contributed by atoms with Crippen molar-refractivity contribution in [2.75, 3.05) is 11.9 Å². The van der Waals surface area contributed by atoms with Crippen molar-refractivity contribution in [3.05, 3.63) is 41.6 Å². The van der Waals surface area contributed by atoms with Crippen molar-refractivity contribution in [3.8, 4) is 5.75 Å². The number of amides is 1. The number of aromatic nitrogens is 2. The Morgan fingerprint density at radius 3 is 2.71 bits per heavy atom. The minimum atomic E-state index is -0.223. The number of benzene rings is 1. The van der Waals surface area contributed by atoms with Crippen molar-refractivity contribution >= 4 is 11.7 Å². The Labute approximate surface area is 124 Å². The lowest BCUT2D eigenvalue weighted by Crippen LogP contribution is -2.20. The molecule has 1 N–H and O–H groups in total. The van der Waals surface area contributed by atoms with Gasteiger partial charge in [0.05, 0.1) is 0 Å². The number of aryl methyl sites for hydroxylation is 2. The van der Waals surface area contributed by atoms with E-state index in [0.29, 0.717) is 17.5 Å². The fraction of sp³-hybridized carbons (Fsp3) is 0.375. The van der Waals surface area contributed by atoms with Gasteiger partial charge >= 0.3 is 0 Å². The first kappa shape index (κ1) is 15.1. The number of nitrogens with one attached hydrogen (secondary N) is 1. The number of hydrogen-bond donors (Lipinski definition) is 1. The smallest absolute Gasteiger partial charge is 0.263 e. The average Bonchev–Trinajstić information content (AvgIpc) is 2.81. The van der Waals surface area contributed by atoms with E-state index in [-0.39, 0.29) is 12.5 Å². The van der Waals surface area contributed by atoms with E-state index in [0.717, 1.165) is 0 Å². The molecule has 0 unspecified atom stereocenters. The monoisotopic (exact) mass is 287 g/mol. The molecule has 0 bridgehead atoms. The predicted octanol–water partition coefficient (Wildman–Crippen LogP) is 2.87. The van der Waals surface area contributed by atoms with Crippen molar-refractivity contribution in [1.29, 1.82) is 0 Å². The Morgan fingerprint density at radius 1 is 1.38 bits per heavy atom. The van der Waals surface area contributed by atoms with E-state index in [1.807, 2.05) is 18.2 Å². The molecule has 0 aliphatic heterocycles. The van der Waals surface area contributed by atoms with Gasteiger partial charge in [0.25, 0.3) is 5.91 Å². The van der Waals surface area contributed by atoms with Gasteiger partial charge in [-0.2, -0.15) is 5.10 Å². The van der Waals surface area contributed by atoms with Crippen LogP contribution in [0.3, 0.4) is 0 Å². The maximum atomic E-state index is 11.8. The lowest BCUT2D eigenvalue weighted by atomic mass is 9.98. The molecule has 0 radical (unpaired) electrons. The first-order chi connectivity index (χ1) is 9.95. The summed E-state index contributed by atoms with van der Waals surface area (Å²) in [6.45, 7) is 6.33. The molecular weight excluding hydrogens is 266 g/mol. The van der Waals surface area contributed by atoms with Crippen LogP contribution >= 0.6 is 0 Å². The van der Waals surface area contributed by atoms with Crippen LogP contribution in [-0.2, 0) is 11.8 Å². The van der Waals surface area contributed by atoms with Crippen LogP contribution in [0, 0.1) is 6.92 Å². The third-order valence-corrected chi connectivity index (χ3v) is 3.21. The molecule has 0 fully saturated rings. The van der Waals surface area contributed by atoms with Crippen molar-refractivity contribution in [2.24, 2.45) is 7.05 Å². The van der Waals surface area contributed by atoms with E-state index in [2.05, 4.69) is 31.2 Å². The van der Waals surface area contributed by atoms with Crippen LogP contribution in [0.25, 0.3) is 0 Å². The fourth-order valence-corrected chi connectivity index (χ4v) is 2.20. The number of hydrogen-bond acceptors (Lipinski definition) is 3. The second-order valence-corrected chi connectivity index (χ2v) is 5.38. The Hall–Kier alpha value is -2.30. The molecule has 2 aromatic rings. The molecular formula is C16H21N3O2. The number of carbonyl (C=O) groups is 1. The van der Waals surface area contributed by atoms with E-state index >= 15 is 0 Å². The highest BCUT2D eigenvalue weighted by Crippen LogP contribution is 2.23. The van der Waals surface area contributed by atoms with Gasteiger partial charge in [-0.3, -0.25) is 9.48 Å². The van der Waals surface area contributed by atoms with Gasteiger partial charge in [0.1, 0.15) is 5.75 Å². The maximum absolute atomic E-state index is 11.8. The van der Waals surface area contributed by atoms with Gasteiger partial charge in [-0.25, -0.2) is 0 Å². The quantitative estimate of drug-likeness (QED) is 0.920. The van der Waals surface area contributed by atoms with Gasteiger partial charge in [0.15, 0.2) is 12.4 Å². The van der Waals surface area contributed by atoms with E-state index in [1.165, 1.54) is 11.1 Å². The van der Waals surface area contributed by atoms with Crippen molar-refractivity contribution in [3.63, 3.8) is 0 Å². The van der Waals surface area contributed by atoms with Crippen LogP contribution in [0.5, 0.6) is 5.75 Å². The molecule has 0 saturated carbocycles. The summed E-state index contributed by atoms with van der Waals surface area (Å²) in [6.07, 6.45) is 1.77. The molecule has 5 heteroatoms. The second-order valence-electron chi connectivity index (χ2n) is 5.38. The molecule has 1 heterocycles. The van der Waals surface area contributed by atoms with Crippen LogP contribution in [0.2, 0.25) is 0 Å². The summed E-state index contributed by atoms with van der Waals surface area (Å²) < 4.78 is 7.15. The first-order valence-corrected chi connectivity index (χ1v) is 6.98. The molecule has 0 spiro atoms. The molecule has 0 aliphatic carbocycles. The van der Waals surface area contributed by atoms with Gasteiger partial charge in [-0.15, -0.1) is 0 Å². The van der Waals surface area contributed by atoms with Gasteiger partial charge in [0.2, 0.25) is 0 Å². The summed E-state index contributed by atoms with van der Waals surface area (Å²) in [5, 5.41) is 6.76. The predicted molar refractivity (Wildman–Crippen MR) is 82.6 cm³/mol. The third kappa shape index (κ3) is 4.08. The number of anilines is 1. The van der Waals surface area contributed by atoms with E-state index in [9.17, 15) is 4.79 Å². The molecule has 2 rings (SSSR count). The van der Waals surface area contributed by atoms with E-state index in [1.54, 1.807) is 24.0 Å². The normalized spacial score (nSPS) is 10.7. The van der Waals surface area contributed by atoms with E-state index < -0.39 is 0 Å². The lowest BCUT2D eigenvalue weighted by Gasteiger charge is -2.12. The van der Waals surface area contributed by atoms with Crippen molar-refractivity contribution in [2.45, 2.75) is 26.7 Å². The zero-order chi connectivity index (χ0) is 15.4. The Bertz CT molecular complexity index is 632. The van der Waals surface area contributed by atoms with Gasteiger partial charge < -0.3 is 10.1 Å². The van der Waals surface area contributed by atoms with Crippen molar-refractivity contribution < 1.29 is 9.53 Å². The van der Waals surface area contributed by atoms with Gasteiger partial charge in [-0.1, -0.05) is 19.9 Å². The van der Waals surface area contributed by atoms with Crippen molar-refractivity contribution in [1.82, 2.24) is 9.78 Å². The summed E-state index contributed by atoms with van der Waals surface area (Å²) >= 11 is 0. The molecule has 21 heavy (non-hydrogen) atoms. The topological polar surface area (TPSA) is 56.1 Å². The Balaban J connectivity index is 1.90. The zero-order valence-electron chi connectivity index (χ0n) is 12.9. The Kier molecular flexibility index (Phi) is 4.62. The molecule has 0 atom stereocenters. The fourth-order valence-electron chi connectivity index (χ4n) is 2.20. The standard InChI is InChI=1S/C16H21N3O2/c1-11(2)14-6-5-13(9-12(14)3)21-10-16(20)17-15-7-8-19(4)18-15/h5-9,11H,10H2,1-4H3,(H,17,18,20). The molecule has 0 saturated heterocycles. The summed E-state index contributed by atoms with van der Waals surface area (Å²) in [4.78, 5) is 11.8. The summed E-state index contributed by atoms with van der Waals surface area (Å²) in [6, 6.07) is 7.64. The summed E-state index contributed by atoms with van der Waals surface area (Å²) in [5.74, 6) is 1.48. The second kappa shape index (κ2) is 6.43. The largest absolute Gasteiger partial charge is 0.484 e. The lowest BCUT2D eigenvalue weighted by molar-refractivity contribution is -0.118. The van der Waals surface area contributed by atoms with Crippen LogP contribution in [0.15, 0.2) is 30.5 Å². The molecule has 0 aliphatic rings. The van der Waals surface area contributed by atoms with Crippen LogP contribution in [0.1, 0.15) is 30.9 Å². The highest BCUT2D eigenvalue weighted by atomic mass is 16.5. The molecule has 1 aromatic heterocycles. The SMILES string of the molecule is Cc1cc(OCC(=O)Nc2ccn(C)n2)ccc1C(C)C. The minimum absolute atomic E-state index is 0.0307. The summed E-state index contributed by atoms with van der Waals surface area (Å²) in [7, 11) is 1.80. The molecule has 5 nitrogen and oxygen atoms in total. The van der Waals surface area contributed by atoms with Crippen LogP contribution in [-0.4, -0.2) is 22.3 Å². The van der Waals surface area contributed by atoms with Gasteiger partial charge in [-0.05, 0) is 36.1 Å². The zero-order valence-corrected chi connectivity index (χ0v) is 12.9. The highest BCUT2D eigenvalue weighted by Gasteiger charge is 2.08. The number of rotatable bonds is 5. The molecule has 112 valence electrons. The maximum Gasteiger partial charge on any atom is 0.263 e. The number of nitrogens with zero attached hydrogens (tertiary/aromatic N) is 2. The minimum Gasteiger partial charge on any atom is -0.484 e. The number of ether oxygens (including phenoxy) is 1. The van der Waals surface area contributed by atoms with Crippen LogP contribution < -0.4 is 10.1 Å². The number of carbonyl (C=O) groups excluding carboxylic acids is 1. The Morgan fingerprint density at radius 2 is 2.14 bits per heavy atom. The van der Waals surface area contributed by atoms with Crippen LogP contribution in [0.4, 0.5) is 5.82 Å². The average molecular weight is 287 g/mol. The molecule has 1 amide bonds. The first-order valence-electron chi connectivity index (χ1n) is 6.98.